The first-order valence-corrected chi connectivity index (χ1v) is 12.3. The molecule has 0 radical (unpaired) electrons. The predicted molar refractivity (Wildman–Crippen MR) is 134 cm³/mol. The van der Waals surface area contributed by atoms with Crippen LogP contribution in [0.3, 0.4) is 0 Å². The molecule has 1 amide bonds. The number of aromatic nitrogens is 1. The summed E-state index contributed by atoms with van der Waals surface area (Å²) >= 11 is 3.49. The van der Waals surface area contributed by atoms with Gasteiger partial charge in [0.15, 0.2) is 0 Å². The van der Waals surface area contributed by atoms with E-state index in [1.807, 2.05) is 67.5 Å². The number of rotatable bonds is 7. The molecule has 9 heteroatoms. The summed E-state index contributed by atoms with van der Waals surface area (Å²) < 4.78 is 17.9. The number of ether oxygens (including phenoxy) is 2. The lowest BCUT2D eigenvalue weighted by Gasteiger charge is -2.31. The van der Waals surface area contributed by atoms with Crippen molar-refractivity contribution in [1.82, 2.24) is 20.3 Å². The van der Waals surface area contributed by atoms with Crippen LogP contribution in [0.25, 0.3) is 11.5 Å². The summed E-state index contributed by atoms with van der Waals surface area (Å²) in [5.41, 5.74) is 6.02. The summed E-state index contributed by atoms with van der Waals surface area (Å²) in [6, 6.07) is 13.5. The number of aryl methyl sites for hydroxylation is 1. The summed E-state index contributed by atoms with van der Waals surface area (Å²) in [7, 11) is 1.61. The van der Waals surface area contributed by atoms with E-state index in [0.717, 1.165) is 21.3 Å². The van der Waals surface area contributed by atoms with E-state index in [2.05, 4.69) is 21.4 Å². The number of fused-ring (bicyclic) bond motifs is 1. The molecule has 2 aliphatic rings. The number of oxazole rings is 1. The van der Waals surface area contributed by atoms with Gasteiger partial charge in [0.1, 0.15) is 29.0 Å². The van der Waals surface area contributed by atoms with Gasteiger partial charge < -0.3 is 23.8 Å². The van der Waals surface area contributed by atoms with Gasteiger partial charge in [-0.3, -0.25) is 4.79 Å². The second kappa shape index (κ2) is 9.75. The zero-order valence-electron chi connectivity index (χ0n) is 19.8. The van der Waals surface area contributed by atoms with E-state index in [1.54, 1.807) is 18.2 Å². The van der Waals surface area contributed by atoms with E-state index < -0.39 is 0 Å². The van der Waals surface area contributed by atoms with Crippen LogP contribution in [0.1, 0.15) is 36.4 Å². The van der Waals surface area contributed by atoms with Gasteiger partial charge in [0.25, 0.3) is 5.91 Å². The summed E-state index contributed by atoms with van der Waals surface area (Å²) in [5, 5.41) is 1.90. The molecule has 2 aromatic carbocycles. The Hall–Kier alpha value is -3.30. The third-order valence-corrected chi connectivity index (χ3v) is 6.77. The molecule has 2 unspecified atom stereocenters. The van der Waals surface area contributed by atoms with Crippen LogP contribution < -0.4 is 14.9 Å². The first-order valence-electron chi connectivity index (χ1n) is 11.5. The maximum Gasteiger partial charge on any atom is 0.251 e. The topological polar surface area (TPSA) is 80.1 Å². The van der Waals surface area contributed by atoms with Gasteiger partial charge in [-0.2, -0.15) is 0 Å². The van der Waals surface area contributed by atoms with Gasteiger partial charge in [0.05, 0.1) is 31.9 Å². The van der Waals surface area contributed by atoms with Crippen LogP contribution in [-0.4, -0.2) is 40.6 Å². The maximum atomic E-state index is 13.3. The van der Waals surface area contributed by atoms with Crippen LogP contribution in [0.4, 0.5) is 0 Å². The van der Waals surface area contributed by atoms with Crippen LogP contribution >= 0.6 is 15.9 Å². The van der Waals surface area contributed by atoms with Crippen molar-refractivity contribution in [3.05, 3.63) is 76.4 Å². The summed E-state index contributed by atoms with van der Waals surface area (Å²) in [4.78, 5) is 19.7. The number of carbonyl (C=O) groups is 1. The average Bonchev–Trinajstić information content (AvgIpc) is 3.46. The van der Waals surface area contributed by atoms with Crippen LogP contribution in [0.5, 0.6) is 11.5 Å². The molecular weight excluding hydrogens is 512 g/mol. The average molecular weight is 539 g/mol. The highest BCUT2D eigenvalue weighted by Gasteiger charge is 2.40. The van der Waals surface area contributed by atoms with E-state index in [9.17, 15) is 4.79 Å². The van der Waals surface area contributed by atoms with Crippen LogP contribution in [0.15, 0.2) is 63.8 Å². The molecule has 2 atom stereocenters. The van der Waals surface area contributed by atoms with Crippen LogP contribution in [0, 0.1) is 6.92 Å². The van der Waals surface area contributed by atoms with Crippen molar-refractivity contribution in [2.45, 2.75) is 38.9 Å². The Bertz CT molecular complexity index is 1260. The van der Waals surface area contributed by atoms with Gasteiger partial charge >= 0.3 is 0 Å². The second-order valence-corrected chi connectivity index (χ2v) is 9.39. The molecule has 3 aromatic rings. The third-order valence-electron chi connectivity index (χ3n) is 6.27. The minimum absolute atomic E-state index is 0.0254. The largest absolute Gasteiger partial charge is 0.496 e. The zero-order chi connectivity index (χ0) is 24.5. The van der Waals surface area contributed by atoms with E-state index in [-0.39, 0.29) is 18.0 Å². The molecule has 8 nitrogen and oxygen atoms in total. The lowest BCUT2D eigenvalue weighted by molar-refractivity contribution is -0.135. The molecule has 35 heavy (non-hydrogen) atoms. The number of benzene rings is 2. The number of amides is 1. The monoisotopic (exact) mass is 538 g/mol. The predicted octanol–water partition coefficient (Wildman–Crippen LogP) is 4.95. The fourth-order valence-electron chi connectivity index (χ4n) is 4.45. The Kier molecular flexibility index (Phi) is 6.53. The number of hydrogen-bond donors (Lipinski definition) is 1. The Morgan fingerprint density at radius 3 is 2.74 bits per heavy atom. The van der Waals surface area contributed by atoms with E-state index in [1.165, 1.54) is 0 Å². The molecular formula is C26H27BrN4O4. The second-order valence-electron chi connectivity index (χ2n) is 8.47. The number of nitrogens with one attached hydrogen (secondary N) is 1. The summed E-state index contributed by atoms with van der Waals surface area (Å²) in [6.07, 6.45) is 4.38. The first-order chi connectivity index (χ1) is 17.0. The number of methoxy groups -OCH3 is 1. The fourth-order valence-corrected chi connectivity index (χ4v) is 4.81. The summed E-state index contributed by atoms with van der Waals surface area (Å²) in [5.74, 6) is 2.67. The molecule has 5 rings (SSSR count). The molecule has 1 saturated heterocycles. The van der Waals surface area contributed by atoms with Gasteiger partial charge in [-0.1, -0.05) is 28.1 Å². The highest BCUT2D eigenvalue weighted by Crippen LogP contribution is 2.35. The number of nitrogens with zero attached hydrogens (tertiary/aromatic N) is 3. The Morgan fingerprint density at radius 1 is 1.20 bits per heavy atom. The number of hydrogen-bond acceptors (Lipinski definition) is 7. The molecule has 1 fully saturated rings. The molecule has 1 N–H and O–H groups in total. The molecule has 0 aliphatic carbocycles. The molecule has 182 valence electrons. The maximum absolute atomic E-state index is 13.3. The van der Waals surface area contributed by atoms with Gasteiger partial charge in [-0.25, -0.2) is 10.4 Å². The minimum atomic E-state index is -0.284. The Morgan fingerprint density at radius 2 is 2.00 bits per heavy atom. The van der Waals surface area contributed by atoms with Crippen molar-refractivity contribution in [2.24, 2.45) is 0 Å². The molecule has 3 heterocycles. The van der Waals surface area contributed by atoms with Gasteiger partial charge in [-0.05, 0) is 56.2 Å². The lowest BCUT2D eigenvalue weighted by Crippen LogP contribution is -2.47. The molecule has 0 saturated carbocycles. The van der Waals surface area contributed by atoms with E-state index >= 15 is 0 Å². The van der Waals surface area contributed by atoms with Gasteiger partial charge in [-0.15, -0.1) is 0 Å². The molecule has 2 aliphatic heterocycles. The zero-order valence-corrected chi connectivity index (χ0v) is 21.4. The number of carbonyl (C=O) groups excluding carboxylic acids is 1. The highest BCUT2D eigenvalue weighted by atomic mass is 79.9. The minimum Gasteiger partial charge on any atom is -0.496 e. The molecule has 1 aromatic heterocycles. The van der Waals surface area contributed by atoms with Crippen molar-refractivity contribution in [3.8, 4) is 23.0 Å². The normalized spacial score (nSPS) is 19.3. The van der Waals surface area contributed by atoms with Crippen LogP contribution in [0.2, 0.25) is 0 Å². The molecule has 0 spiro atoms. The lowest BCUT2D eigenvalue weighted by atomic mass is 10.0. The summed E-state index contributed by atoms with van der Waals surface area (Å²) in [6.45, 7) is 4.79. The number of hydrazine groups is 1. The van der Waals surface area contributed by atoms with Crippen molar-refractivity contribution >= 4 is 21.8 Å². The van der Waals surface area contributed by atoms with Crippen LogP contribution in [-0.2, 0) is 11.3 Å². The Balaban J connectivity index is 1.30. The standard InChI is InChI=1S/C26H27BrN4O4/c1-4-34-19-8-5-17(6-9-19)21-14-23-26(32)30(11-12-31(23)29-21)15-22-16(2)35-25(28-22)20-13-18(27)7-10-24(20)33-3/h5-13,21,23,29H,4,14-15H2,1-3H3. The number of halogens is 1. The SMILES string of the molecule is CCOc1ccc(C2CC3C(=O)N(Cc4nc(-c5cc(Br)ccc5OC)oc4C)C=CN3N2)cc1. The van der Waals surface area contributed by atoms with Gasteiger partial charge in [0, 0.05) is 16.9 Å². The van der Waals surface area contributed by atoms with Crippen molar-refractivity contribution in [3.63, 3.8) is 0 Å². The van der Waals surface area contributed by atoms with Gasteiger partial charge in [0.2, 0.25) is 5.89 Å². The third kappa shape index (κ3) is 4.66. The highest BCUT2D eigenvalue weighted by molar-refractivity contribution is 9.10. The van der Waals surface area contributed by atoms with E-state index in [0.29, 0.717) is 42.7 Å². The molecule has 0 bridgehead atoms. The first kappa shape index (κ1) is 23.4. The van der Waals surface area contributed by atoms with Crippen molar-refractivity contribution in [2.75, 3.05) is 13.7 Å². The fraction of sp³-hybridized carbons (Fsp3) is 0.308. The van der Waals surface area contributed by atoms with E-state index in [4.69, 9.17) is 18.9 Å². The van der Waals surface area contributed by atoms with Crippen molar-refractivity contribution < 1.29 is 18.7 Å². The van der Waals surface area contributed by atoms with Crippen molar-refractivity contribution in [1.29, 1.82) is 0 Å². The smallest absolute Gasteiger partial charge is 0.251 e. The Labute approximate surface area is 212 Å². The quantitative estimate of drug-likeness (QED) is 0.455.